The van der Waals surface area contributed by atoms with Crippen molar-refractivity contribution in [1.82, 2.24) is 9.88 Å². The SMILES string of the molecule is CCn1c(C)ccc(CNC2CCCC2)c1=O. The maximum atomic E-state index is 12.1. The van der Waals surface area contributed by atoms with E-state index in [0.29, 0.717) is 12.6 Å². The number of rotatable bonds is 4. The summed E-state index contributed by atoms with van der Waals surface area (Å²) in [5.41, 5.74) is 2.10. The standard InChI is InChI=1S/C14H22N2O/c1-3-16-11(2)8-9-12(14(16)17)10-15-13-6-4-5-7-13/h8-9,13,15H,3-7,10H2,1-2H3. The summed E-state index contributed by atoms with van der Waals surface area (Å²) in [4.78, 5) is 12.1. The van der Waals surface area contributed by atoms with Crippen molar-refractivity contribution in [3.05, 3.63) is 33.7 Å². The molecular weight excluding hydrogens is 212 g/mol. The molecule has 3 nitrogen and oxygen atoms in total. The topological polar surface area (TPSA) is 34.0 Å². The van der Waals surface area contributed by atoms with E-state index in [2.05, 4.69) is 5.32 Å². The van der Waals surface area contributed by atoms with Gasteiger partial charge in [0, 0.05) is 30.4 Å². The van der Waals surface area contributed by atoms with Crippen LogP contribution in [0.2, 0.25) is 0 Å². The molecule has 1 aromatic rings. The Hall–Kier alpha value is -1.09. The maximum absolute atomic E-state index is 12.1. The lowest BCUT2D eigenvalue weighted by molar-refractivity contribution is 0.519. The third-order valence-corrected chi connectivity index (χ3v) is 3.72. The predicted octanol–water partition coefficient (Wildman–Crippen LogP) is 2.21. The summed E-state index contributed by atoms with van der Waals surface area (Å²) >= 11 is 0. The van der Waals surface area contributed by atoms with Crippen LogP contribution in [0.4, 0.5) is 0 Å². The molecule has 1 fully saturated rings. The van der Waals surface area contributed by atoms with Crippen molar-refractivity contribution in [3.63, 3.8) is 0 Å². The van der Waals surface area contributed by atoms with E-state index in [0.717, 1.165) is 17.8 Å². The Morgan fingerprint density at radius 3 is 2.71 bits per heavy atom. The molecule has 1 aromatic heterocycles. The molecule has 0 saturated heterocycles. The van der Waals surface area contributed by atoms with Crippen molar-refractivity contribution in [3.8, 4) is 0 Å². The number of nitrogens with zero attached hydrogens (tertiary/aromatic N) is 1. The Bertz CT molecular complexity index is 430. The largest absolute Gasteiger partial charge is 0.313 e. The third kappa shape index (κ3) is 2.78. The quantitative estimate of drug-likeness (QED) is 0.866. The van der Waals surface area contributed by atoms with Gasteiger partial charge in [0.15, 0.2) is 0 Å². The first-order chi connectivity index (χ1) is 8.22. The van der Waals surface area contributed by atoms with Crippen LogP contribution in [0.25, 0.3) is 0 Å². The molecule has 1 heterocycles. The van der Waals surface area contributed by atoms with E-state index in [9.17, 15) is 4.79 Å². The molecule has 0 atom stereocenters. The number of hydrogen-bond donors (Lipinski definition) is 1. The Kier molecular flexibility index (Phi) is 4.00. The molecule has 0 unspecified atom stereocenters. The summed E-state index contributed by atoms with van der Waals surface area (Å²) in [7, 11) is 0. The van der Waals surface area contributed by atoms with Crippen LogP contribution in [0, 0.1) is 6.92 Å². The van der Waals surface area contributed by atoms with Gasteiger partial charge in [0.05, 0.1) is 0 Å². The summed E-state index contributed by atoms with van der Waals surface area (Å²) in [5.74, 6) is 0. The third-order valence-electron chi connectivity index (χ3n) is 3.72. The summed E-state index contributed by atoms with van der Waals surface area (Å²) < 4.78 is 1.84. The van der Waals surface area contributed by atoms with Crippen molar-refractivity contribution in [1.29, 1.82) is 0 Å². The molecule has 0 radical (unpaired) electrons. The van der Waals surface area contributed by atoms with E-state index in [4.69, 9.17) is 0 Å². The summed E-state index contributed by atoms with van der Waals surface area (Å²) in [5, 5.41) is 3.50. The van der Waals surface area contributed by atoms with Gasteiger partial charge in [0.1, 0.15) is 0 Å². The second kappa shape index (κ2) is 5.50. The number of aryl methyl sites for hydroxylation is 1. The second-order valence-corrected chi connectivity index (χ2v) is 4.91. The smallest absolute Gasteiger partial charge is 0.255 e. The van der Waals surface area contributed by atoms with Crippen molar-refractivity contribution >= 4 is 0 Å². The first kappa shape index (κ1) is 12.4. The van der Waals surface area contributed by atoms with Gasteiger partial charge in [-0.3, -0.25) is 4.79 Å². The molecule has 17 heavy (non-hydrogen) atoms. The Labute approximate surface area is 103 Å². The molecule has 0 amide bonds. The molecule has 1 N–H and O–H groups in total. The van der Waals surface area contributed by atoms with Crippen molar-refractivity contribution < 1.29 is 0 Å². The maximum Gasteiger partial charge on any atom is 0.255 e. The molecule has 1 aliphatic carbocycles. The van der Waals surface area contributed by atoms with Gasteiger partial charge in [0.25, 0.3) is 5.56 Å². The van der Waals surface area contributed by atoms with Gasteiger partial charge in [-0.05, 0) is 32.8 Å². The monoisotopic (exact) mass is 234 g/mol. The van der Waals surface area contributed by atoms with E-state index in [1.807, 2.05) is 30.5 Å². The van der Waals surface area contributed by atoms with Gasteiger partial charge < -0.3 is 9.88 Å². The molecule has 3 heteroatoms. The zero-order chi connectivity index (χ0) is 12.3. The fourth-order valence-electron chi connectivity index (χ4n) is 2.63. The van der Waals surface area contributed by atoms with Gasteiger partial charge in [-0.15, -0.1) is 0 Å². The van der Waals surface area contributed by atoms with Crippen LogP contribution in [0.3, 0.4) is 0 Å². The zero-order valence-electron chi connectivity index (χ0n) is 10.8. The fourth-order valence-corrected chi connectivity index (χ4v) is 2.63. The molecule has 0 aromatic carbocycles. The van der Waals surface area contributed by atoms with Crippen molar-refractivity contribution in [2.24, 2.45) is 0 Å². The minimum atomic E-state index is 0.165. The Balaban J connectivity index is 2.08. The molecule has 1 aliphatic rings. The molecule has 0 spiro atoms. The van der Waals surface area contributed by atoms with Crippen molar-refractivity contribution in [2.75, 3.05) is 0 Å². The molecule has 1 saturated carbocycles. The van der Waals surface area contributed by atoms with E-state index < -0.39 is 0 Å². The first-order valence-electron chi connectivity index (χ1n) is 6.65. The number of hydrogen-bond acceptors (Lipinski definition) is 2. The Morgan fingerprint density at radius 1 is 1.35 bits per heavy atom. The lowest BCUT2D eigenvalue weighted by atomic mass is 10.2. The summed E-state index contributed by atoms with van der Waals surface area (Å²) in [6.07, 6.45) is 5.16. The van der Waals surface area contributed by atoms with E-state index in [-0.39, 0.29) is 5.56 Å². The fraction of sp³-hybridized carbons (Fsp3) is 0.643. The zero-order valence-corrected chi connectivity index (χ0v) is 10.8. The molecule has 0 aliphatic heterocycles. The Morgan fingerprint density at radius 2 is 2.06 bits per heavy atom. The van der Waals surface area contributed by atoms with Gasteiger partial charge in [-0.1, -0.05) is 18.9 Å². The average molecular weight is 234 g/mol. The van der Waals surface area contributed by atoms with Gasteiger partial charge in [0.2, 0.25) is 0 Å². The predicted molar refractivity (Wildman–Crippen MR) is 70.2 cm³/mol. The average Bonchev–Trinajstić information content (AvgIpc) is 2.82. The second-order valence-electron chi connectivity index (χ2n) is 4.91. The lowest BCUT2D eigenvalue weighted by Gasteiger charge is -2.13. The van der Waals surface area contributed by atoms with Crippen LogP contribution < -0.4 is 10.9 Å². The highest BCUT2D eigenvalue weighted by Gasteiger charge is 2.14. The van der Waals surface area contributed by atoms with E-state index in [1.54, 1.807) is 0 Å². The number of pyridine rings is 1. The number of aromatic nitrogens is 1. The van der Waals surface area contributed by atoms with Gasteiger partial charge in [-0.25, -0.2) is 0 Å². The normalized spacial score (nSPS) is 16.6. The van der Waals surface area contributed by atoms with Crippen LogP contribution in [0.15, 0.2) is 16.9 Å². The molecule has 94 valence electrons. The minimum absolute atomic E-state index is 0.165. The molecule has 0 bridgehead atoms. The van der Waals surface area contributed by atoms with E-state index in [1.165, 1.54) is 25.7 Å². The minimum Gasteiger partial charge on any atom is -0.313 e. The summed E-state index contributed by atoms with van der Waals surface area (Å²) in [6.45, 7) is 5.47. The number of nitrogens with one attached hydrogen (secondary N) is 1. The van der Waals surface area contributed by atoms with Gasteiger partial charge >= 0.3 is 0 Å². The first-order valence-corrected chi connectivity index (χ1v) is 6.65. The van der Waals surface area contributed by atoms with Crippen LogP contribution in [-0.2, 0) is 13.1 Å². The lowest BCUT2D eigenvalue weighted by Crippen LogP contribution is -2.31. The van der Waals surface area contributed by atoms with Gasteiger partial charge in [-0.2, -0.15) is 0 Å². The van der Waals surface area contributed by atoms with Crippen LogP contribution in [-0.4, -0.2) is 10.6 Å². The molecule has 2 rings (SSSR count). The molecular formula is C14H22N2O. The highest BCUT2D eigenvalue weighted by Crippen LogP contribution is 2.17. The highest BCUT2D eigenvalue weighted by atomic mass is 16.1. The highest BCUT2D eigenvalue weighted by molar-refractivity contribution is 5.15. The van der Waals surface area contributed by atoms with Crippen LogP contribution >= 0.6 is 0 Å². The van der Waals surface area contributed by atoms with Crippen LogP contribution in [0.5, 0.6) is 0 Å². The van der Waals surface area contributed by atoms with Crippen molar-refractivity contribution in [2.45, 2.75) is 58.7 Å². The van der Waals surface area contributed by atoms with Crippen LogP contribution in [0.1, 0.15) is 43.9 Å². The van der Waals surface area contributed by atoms with E-state index >= 15 is 0 Å². The summed E-state index contributed by atoms with van der Waals surface area (Å²) in [6, 6.07) is 4.62.